The lowest BCUT2D eigenvalue weighted by Crippen LogP contribution is -2.45. The molecular weight excluding hydrogens is 338 g/mol. The van der Waals surface area contributed by atoms with Gasteiger partial charge in [-0.3, -0.25) is 0 Å². The molecule has 1 unspecified atom stereocenters. The Hall–Kier alpha value is -2.44. The number of amides is 1. The lowest BCUT2D eigenvalue weighted by Gasteiger charge is -2.23. The molecule has 1 aromatic carbocycles. The Kier molecular flexibility index (Phi) is 8.22. The summed E-state index contributed by atoms with van der Waals surface area (Å²) >= 11 is 0. The van der Waals surface area contributed by atoms with E-state index in [-0.39, 0.29) is 12.2 Å². The Bertz CT molecular complexity index is 609. The van der Waals surface area contributed by atoms with Crippen molar-refractivity contribution in [2.24, 2.45) is 0 Å². The van der Waals surface area contributed by atoms with Crippen molar-refractivity contribution in [3.63, 3.8) is 0 Å². The first-order chi connectivity index (χ1) is 12.2. The van der Waals surface area contributed by atoms with E-state index >= 15 is 0 Å². The molecule has 7 heteroatoms. The number of para-hydroxylation sites is 1. The van der Waals surface area contributed by atoms with Gasteiger partial charge < -0.3 is 24.6 Å². The molecule has 1 aromatic rings. The molecule has 1 atom stereocenters. The van der Waals surface area contributed by atoms with Crippen molar-refractivity contribution in [1.82, 2.24) is 5.32 Å². The molecule has 2 N–H and O–H groups in total. The fraction of sp³-hybridized carbons (Fsp3) is 0.579. The first-order valence-corrected chi connectivity index (χ1v) is 8.69. The molecule has 0 aliphatic carbocycles. The highest BCUT2D eigenvalue weighted by Gasteiger charge is 2.27. The van der Waals surface area contributed by atoms with Crippen LogP contribution in [0.3, 0.4) is 0 Å². The maximum Gasteiger partial charge on any atom is 0.408 e. The summed E-state index contributed by atoms with van der Waals surface area (Å²) < 4.78 is 15.6. The summed E-state index contributed by atoms with van der Waals surface area (Å²) in [6.45, 7) is 7.68. The highest BCUT2D eigenvalue weighted by Crippen LogP contribution is 2.31. The monoisotopic (exact) mass is 367 g/mol. The second-order valence-electron chi connectivity index (χ2n) is 6.89. The average Bonchev–Trinajstić information content (AvgIpc) is 2.54. The lowest BCUT2D eigenvalue weighted by molar-refractivity contribution is -0.143. The number of benzene rings is 1. The smallest absolute Gasteiger partial charge is 0.408 e. The van der Waals surface area contributed by atoms with Crippen molar-refractivity contribution >= 4 is 12.1 Å². The third-order valence-electron chi connectivity index (χ3n) is 3.42. The molecule has 0 aromatic heterocycles. The number of carbonyl (C=O) groups is 2. The number of phenolic OH excluding ortho intramolecular Hbond substituents is 1. The first kappa shape index (κ1) is 21.6. The van der Waals surface area contributed by atoms with Gasteiger partial charge in [0, 0.05) is 12.0 Å². The molecule has 1 amide bonds. The Morgan fingerprint density at radius 3 is 2.54 bits per heavy atom. The molecule has 0 aliphatic heterocycles. The normalized spacial score (nSPS) is 12.2. The van der Waals surface area contributed by atoms with Crippen LogP contribution in [-0.2, 0) is 20.7 Å². The maximum absolute atomic E-state index is 12.1. The Morgan fingerprint density at radius 2 is 1.96 bits per heavy atom. The number of hydrogen-bond donors (Lipinski definition) is 2. The van der Waals surface area contributed by atoms with Crippen LogP contribution in [0.15, 0.2) is 18.2 Å². The van der Waals surface area contributed by atoms with Gasteiger partial charge in [-0.15, -0.1) is 0 Å². The highest BCUT2D eigenvalue weighted by molar-refractivity contribution is 5.81. The number of alkyl carbamates (subject to hydrolysis) is 1. The number of nitrogens with one attached hydrogen (secondary N) is 1. The van der Waals surface area contributed by atoms with Crippen LogP contribution in [0.1, 0.15) is 46.1 Å². The SMILES string of the molecule is CCCCOc1c(O)cccc1CC(NC(=O)OC(C)(C)C)C(=O)OC. The maximum atomic E-state index is 12.1. The Labute approximate surface area is 154 Å². The summed E-state index contributed by atoms with van der Waals surface area (Å²) in [7, 11) is 1.24. The number of aromatic hydroxyl groups is 1. The van der Waals surface area contributed by atoms with E-state index in [9.17, 15) is 14.7 Å². The van der Waals surface area contributed by atoms with Crippen molar-refractivity contribution < 1.29 is 28.9 Å². The Morgan fingerprint density at radius 1 is 1.27 bits per heavy atom. The van der Waals surface area contributed by atoms with Gasteiger partial charge in [0.2, 0.25) is 0 Å². The standard InChI is InChI=1S/C19H29NO6/c1-6-7-11-25-16-13(9-8-10-15(16)21)12-14(17(22)24-5)20-18(23)26-19(2,3)4/h8-10,14,21H,6-7,11-12H2,1-5H3,(H,20,23). The van der Waals surface area contributed by atoms with E-state index < -0.39 is 23.7 Å². The molecule has 0 aliphatic rings. The molecule has 0 heterocycles. The number of ether oxygens (including phenoxy) is 3. The van der Waals surface area contributed by atoms with E-state index in [0.717, 1.165) is 12.8 Å². The van der Waals surface area contributed by atoms with E-state index in [1.807, 2.05) is 6.92 Å². The zero-order chi connectivity index (χ0) is 19.7. The second kappa shape index (κ2) is 9.89. The fourth-order valence-corrected chi connectivity index (χ4v) is 2.22. The number of phenols is 1. The summed E-state index contributed by atoms with van der Waals surface area (Å²) in [5, 5.41) is 12.6. The van der Waals surface area contributed by atoms with Gasteiger partial charge >= 0.3 is 12.1 Å². The van der Waals surface area contributed by atoms with Crippen molar-refractivity contribution in [2.75, 3.05) is 13.7 Å². The average molecular weight is 367 g/mol. The Balaban J connectivity index is 2.96. The molecule has 26 heavy (non-hydrogen) atoms. The molecule has 0 saturated heterocycles. The minimum Gasteiger partial charge on any atom is -0.504 e. The van der Waals surface area contributed by atoms with E-state index in [4.69, 9.17) is 14.2 Å². The zero-order valence-electron chi connectivity index (χ0n) is 16.1. The molecule has 0 saturated carbocycles. The molecule has 7 nitrogen and oxygen atoms in total. The van der Waals surface area contributed by atoms with E-state index in [2.05, 4.69) is 5.32 Å². The summed E-state index contributed by atoms with van der Waals surface area (Å²) in [6, 6.07) is 3.93. The molecule has 0 spiro atoms. The molecule has 146 valence electrons. The topological polar surface area (TPSA) is 94.1 Å². The van der Waals surface area contributed by atoms with Crippen molar-refractivity contribution in [2.45, 2.75) is 58.6 Å². The summed E-state index contributed by atoms with van der Waals surface area (Å²) in [5.74, 6) is -0.320. The van der Waals surface area contributed by atoms with Crippen molar-refractivity contribution in [1.29, 1.82) is 0 Å². The first-order valence-electron chi connectivity index (χ1n) is 8.69. The van der Waals surface area contributed by atoms with Crippen LogP contribution in [0, 0.1) is 0 Å². The van der Waals surface area contributed by atoms with Gasteiger partial charge in [0.05, 0.1) is 13.7 Å². The largest absolute Gasteiger partial charge is 0.504 e. The van der Waals surface area contributed by atoms with Gasteiger partial charge in [-0.1, -0.05) is 25.5 Å². The van der Waals surface area contributed by atoms with Crippen LogP contribution in [0.5, 0.6) is 11.5 Å². The van der Waals surface area contributed by atoms with Gasteiger partial charge in [0.15, 0.2) is 11.5 Å². The van der Waals surface area contributed by atoms with Gasteiger partial charge in [0.1, 0.15) is 11.6 Å². The second-order valence-corrected chi connectivity index (χ2v) is 6.89. The summed E-state index contributed by atoms with van der Waals surface area (Å²) in [6.07, 6.45) is 1.17. The van der Waals surface area contributed by atoms with Crippen LogP contribution in [-0.4, -0.2) is 42.5 Å². The zero-order valence-corrected chi connectivity index (χ0v) is 16.1. The third-order valence-corrected chi connectivity index (χ3v) is 3.42. The highest BCUT2D eigenvalue weighted by atomic mass is 16.6. The van der Waals surface area contributed by atoms with Crippen molar-refractivity contribution in [3.05, 3.63) is 23.8 Å². The van der Waals surface area contributed by atoms with E-state index in [1.54, 1.807) is 32.9 Å². The minimum atomic E-state index is -0.967. The van der Waals surface area contributed by atoms with Crippen LogP contribution in [0.2, 0.25) is 0 Å². The van der Waals surface area contributed by atoms with E-state index in [1.165, 1.54) is 13.2 Å². The molecule has 1 rings (SSSR count). The van der Waals surface area contributed by atoms with E-state index in [0.29, 0.717) is 17.9 Å². The van der Waals surface area contributed by atoms with Crippen LogP contribution < -0.4 is 10.1 Å². The minimum absolute atomic E-state index is 0.0144. The summed E-state index contributed by atoms with van der Waals surface area (Å²) in [5.41, 5.74) is -0.1000. The van der Waals surface area contributed by atoms with Crippen LogP contribution >= 0.6 is 0 Å². The third kappa shape index (κ3) is 7.21. The number of carbonyl (C=O) groups excluding carboxylic acids is 2. The number of hydrogen-bond acceptors (Lipinski definition) is 6. The predicted octanol–water partition coefficient (Wildman–Crippen LogP) is 3.18. The summed E-state index contributed by atoms with van der Waals surface area (Å²) in [4.78, 5) is 24.1. The number of unbranched alkanes of at least 4 members (excludes halogenated alkanes) is 1. The molecular formula is C19H29NO6. The molecule has 0 fully saturated rings. The lowest BCUT2D eigenvalue weighted by atomic mass is 10.0. The van der Waals surface area contributed by atoms with Gasteiger partial charge in [-0.2, -0.15) is 0 Å². The molecule has 0 bridgehead atoms. The predicted molar refractivity (Wildman–Crippen MR) is 97.4 cm³/mol. The molecule has 0 radical (unpaired) electrons. The number of rotatable bonds is 8. The van der Waals surface area contributed by atoms with Gasteiger partial charge in [0.25, 0.3) is 0 Å². The van der Waals surface area contributed by atoms with Crippen LogP contribution in [0.4, 0.5) is 4.79 Å². The van der Waals surface area contributed by atoms with Gasteiger partial charge in [-0.25, -0.2) is 9.59 Å². The van der Waals surface area contributed by atoms with Crippen LogP contribution in [0.25, 0.3) is 0 Å². The number of methoxy groups -OCH3 is 1. The van der Waals surface area contributed by atoms with Crippen molar-refractivity contribution in [3.8, 4) is 11.5 Å². The quantitative estimate of drug-likeness (QED) is 0.541. The number of esters is 1. The van der Waals surface area contributed by atoms with Gasteiger partial charge in [-0.05, 0) is 33.3 Å². The fourth-order valence-electron chi connectivity index (χ4n) is 2.22.